The van der Waals surface area contributed by atoms with Crippen molar-refractivity contribution in [1.29, 1.82) is 0 Å². The molecule has 1 N–H and O–H groups in total. The smallest absolute Gasteiger partial charge is 0.339 e. The molecule has 1 heterocycles. The number of carbonyl (C=O) groups is 2. The first-order valence-electron chi connectivity index (χ1n) is 9.05. The second kappa shape index (κ2) is 8.62. The number of esters is 1. The molecule has 0 aliphatic carbocycles. The standard InChI is InChI=1S/C20H22N2O6S/c1-27-17-10-9-14(13-18(17)29(25,26)22-11-5-6-12-22)19(23)21-16-8-4-3-7-15(16)20(24)28-2/h3-4,7-10,13H,5-6,11-12H2,1-2H3,(H,21,23). The Labute approximate surface area is 169 Å². The van der Waals surface area contributed by atoms with Gasteiger partial charge >= 0.3 is 5.97 Å². The summed E-state index contributed by atoms with van der Waals surface area (Å²) in [6.45, 7) is 0.878. The van der Waals surface area contributed by atoms with E-state index in [4.69, 9.17) is 9.47 Å². The predicted octanol–water partition coefficient (Wildman–Crippen LogP) is 2.52. The van der Waals surface area contributed by atoms with Gasteiger partial charge in [-0.3, -0.25) is 4.79 Å². The lowest BCUT2D eigenvalue weighted by Gasteiger charge is -2.18. The second-order valence-corrected chi connectivity index (χ2v) is 8.37. The Kier molecular flexibility index (Phi) is 6.19. The summed E-state index contributed by atoms with van der Waals surface area (Å²) < 4.78 is 37.3. The molecule has 1 fully saturated rings. The van der Waals surface area contributed by atoms with Crippen LogP contribution < -0.4 is 10.1 Å². The largest absolute Gasteiger partial charge is 0.495 e. The average Bonchev–Trinajstić information content (AvgIpc) is 3.29. The van der Waals surface area contributed by atoms with Crippen molar-refractivity contribution in [3.63, 3.8) is 0 Å². The van der Waals surface area contributed by atoms with Crippen molar-refractivity contribution >= 4 is 27.6 Å². The molecule has 1 saturated heterocycles. The molecule has 2 aromatic rings. The van der Waals surface area contributed by atoms with Crippen molar-refractivity contribution in [3.05, 3.63) is 53.6 Å². The van der Waals surface area contributed by atoms with E-state index in [1.807, 2.05) is 0 Å². The fraction of sp³-hybridized carbons (Fsp3) is 0.300. The van der Waals surface area contributed by atoms with Gasteiger partial charge in [0.2, 0.25) is 10.0 Å². The van der Waals surface area contributed by atoms with E-state index in [0.29, 0.717) is 13.1 Å². The number of para-hydroxylation sites is 1. The van der Waals surface area contributed by atoms with Gasteiger partial charge in [-0.15, -0.1) is 0 Å². The third-order valence-electron chi connectivity index (χ3n) is 4.69. The summed E-state index contributed by atoms with van der Waals surface area (Å²) >= 11 is 0. The molecule has 1 aliphatic rings. The lowest BCUT2D eigenvalue weighted by Crippen LogP contribution is -2.28. The quantitative estimate of drug-likeness (QED) is 0.724. The van der Waals surface area contributed by atoms with Crippen LogP contribution in [-0.2, 0) is 14.8 Å². The number of carbonyl (C=O) groups excluding carboxylic acids is 2. The molecule has 3 rings (SSSR count). The van der Waals surface area contributed by atoms with Gasteiger partial charge in [-0.1, -0.05) is 12.1 Å². The summed E-state index contributed by atoms with van der Waals surface area (Å²) in [5.74, 6) is -0.974. The van der Waals surface area contributed by atoms with E-state index in [1.54, 1.807) is 18.2 Å². The monoisotopic (exact) mass is 418 g/mol. The van der Waals surface area contributed by atoms with Crippen LogP contribution in [-0.4, -0.2) is 51.9 Å². The van der Waals surface area contributed by atoms with E-state index >= 15 is 0 Å². The highest BCUT2D eigenvalue weighted by Gasteiger charge is 2.30. The van der Waals surface area contributed by atoms with Crippen molar-refractivity contribution in [1.82, 2.24) is 4.31 Å². The Bertz CT molecular complexity index is 1030. The third kappa shape index (κ3) is 4.25. The van der Waals surface area contributed by atoms with E-state index in [-0.39, 0.29) is 27.5 Å². The van der Waals surface area contributed by atoms with Crippen molar-refractivity contribution in [3.8, 4) is 5.75 Å². The lowest BCUT2D eigenvalue weighted by molar-refractivity contribution is 0.0602. The molecular weight excluding hydrogens is 396 g/mol. The predicted molar refractivity (Wildman–Crippen MR) is 107 cm³/mol. The number of sulfonamides is 1. The molecule has 0 radical (unpaired) electrons. The molecule has 1 aliphatic heterocycles. The molecule has 8 nitrogen and oxygen atoms in total. The molecular formula is C20H22N2O6S. The average molecular weight is 418 g/mol. The summed E-state index contributed by atoms with van der Waals surface area (Å²) in [5, 5.41) is 2.64. The van der Waals surface area contributed by atoms with Crippen LogP contribution >= 0.6 is 0 Å². The van der Waals surface area contributed by atoms with Gasteiger partial charge in [-0.2, -0.15) is 4.31 Å². The molecule has 29 heavy (non-hydrogen) atoms. The summed E-state index contributed by atoms with van der Waals surface area (Å²) in [6.07, 6.45) is 1.60. The zero-order chi connectivity index (χ0) is 21.0. The maximum Gasteiger partial charge on any atom is 0.339 e. The summed E-state index contributed by atoms with van der Waals surface area (Å²) in [5.41, 5.74) is 0.592. The van der Waals surface area contributed by atoms with Crippen LogP contribution in [0.1, 0.15) is 33.6 Å². The maximum absolute atomic E-state index is 13.0. The second-order valence-electron chi connectivity index (χ2n) is 6.47. The number of amides is 1. The first-order chi connectivity index (χ1) is 13.9. The highest BCUT2D eigenvalue weighted by atomic mass is 32.2. The Morgan fingerprint density at radius 2 is 1.72 bits per heavy atom. The van der Waals surface area contributed by atoms with Crippen LogP contribution in [0.4, 0.5) is 5.69 Å². The molecule has 0 atom stereocenters. The number of hydrogen-bond acceptors (Lipinski definition) is 6. The SMILES string of the molecule is COC(=O)c1ccccc1NC(=O)c1ccc(OC)c(S(=O)(=O)N2CCCC2)c1. The molecule has 154 valence electrons. The Morgan fingerprint density at radius 3 is 2.38 bits per heavy atom. The van der Waals surface area contributed by atoms with E-state index < -0.39 is 21.9 Å². The Morgan fingerprint density at radius 1 is 1.03 bits per heavy atom. The van der Waals surface area contributed by atoms with Gasteiger partial charge in [0, 0.05) is 18.7 Å². The van der Waals surface area contributed by atoms with Crippen LogP contribution in [0.2, 0.25) is 0 Å². The van der Waals surface area contributed by atoms with Crippen molar-refractivity contribution in [2.75, 3.05) is 32.6 Å². The van der Waals surface area contributed by atoms with Gasteiger partial charge < -0.3 is 14.8 Å². The van der Waals surface area contributed by atoms with Gasteiger partial charge in [0.15, 0.2) is 0 Å². The minimum Gasteiger partial charge on any atom is -0.495 e. The van der Waals surface area contributed by atoms with Gasteiger partial charge in [-0.25, -0.2) is 13.2 Å². The van der Waals surface area contributed by atoms with Gasteiger partial charge in [0.05, 0.1) is 25.5 Å². The first kappa shape index (κ1) is 20.8. The molecule has 9 heteroatoms. The number of ether oxygens (including phenoxy) is 2. The Hall–Kier alpha value is -2.91. The van der Waals surface area contributed by atoms with Crippen LogP contribution in [0.3, 0.4) is 0 Å². The number of methoxy groups -OCH3 is 2. The van der Waals surface area contributed by atoms with E-state index in [1.165, 1.54) is 42.8 Å². The maximum atomic E-state index is 13.0. The normalized spacial score (nSPS) is 14.4. The summed E-state index contributed by atoms with van der Waals surface area (Å²) in [6, 6.07) is 10.6. The zero-order valence-electron chi connectivity index (χ0n) is 16.2. The first-order valence-corrected chi connectivity index (χ1v) is 10.5. The van der Waals surface area contributed by atoms with Crippen LogP contribution in [0.5, 0.6) is 5.75 Å². The van der Waals surface area contributed by atoms with E-state index in [2.05, 4.69) is 5.32 Å². The van der Waals surface area contributed by atoms with Crippen molar-refractivity contribution in [2.45, 2.75) is 17.7 Å². The molecule has 0 saturated carbocycles. The van der Waals surface area contributed by atoms with Gasteiger partial charge in [0.1, 0.15) is 10.6 Å². The number of hydrogen-bond donors (Lipinski definition) is 1. The summed E-state index contributed by atoms with van der Waals surface area (Å²) in [7, 11) is -1.15. The van der Waals surface area contributed by atoms with Crippen LogP contribution in [0.15, 0.2) is 47.4 Å². The van der Waals surface area contributed by atoms with E-state index in [9.17, 15) is 18.0 Å². The van der Waals surface area contributed by atoms with E-state index in [0.717, 1.165) is 12.8 Å². The van der Waals surface area contributed by atoms with Crippen molar-refractivity contribution in [2.24, 2.45) is 0 Å². The fourth-order valence-electron chi connectivity index (χ4n) is 3.16. The third-order valence-corrected chi connectivity index (χ3v) is 6.61. The number of anilines is 1. The highest BCUT2D eigenvalue weighted by Crippen LogP contribution is 2.30. The van der Waals surface area contributed by atoms with Crippen LogP contribution in [0, 0.1) is 0 Å². The summed E-state index contributed by atoms with van der Waals surface area (Å²) in [4.78, 5) is 24.6. The molecule has 0 spiro atoms. The molecule has 0 unspecified atom stereocenters. The van der Waals surface area contributed by atoms with Crippen LogP contribution in [0.25, 0.3) is 0 Å². The Balaban J connectivity index is 1.94. The van der Waals surface area contributed by atoms with Crippen molar-refractivity contribution < 1.29 is 27.5 Å². The fourth-order valence-corrected chi connectivity index (χ4v) is 4.86. The molecule has 1 amide bonds. The number of nitrogens with one attached hydrogen (secondary N) is 1. The number of rotatable bonds is 6. The zero-order valence-corrected chi connectivity index (χ0v) is 17.0. The minimum absolute atomic E-state index is 0.0594. The topological polar surface area (TPSA) is 102 Å². The number of benzene rings is 2. The number of nitrogens with zero attached hydrogens (tertiary/aromatic N) is 1. The molecule has 0 aromatic heterocycles. The van der Waals surface area contributed by atoms with Gasteiger partial charge in [0.25, 0.3) is 5.91 Å². The minimum atomic E-state index is -3.78. The molecule has 0 bridgehead atoms. The highest BCUT2D eigenvalue weighted by molar-refractivity contribution is 7.89. The van der Waals surface area contributed by atoms with Gasteiger partial charge in [-0.05, 0) is 43.2 Å². The lowest BCUT2D eigenvalue weighted by atomic mass is 10.1. The molecule has 2 aromatic carbocycles.